The van der Waals surface area contributed by atoms with E-state index >= 15 is 0 Å². The standard InChI is InChI=1S/C11H17N3/c1-7-4-5-12-11-10(7)13-6-8(2)9(3)14-11/h4-5,8-9,13H,6H2,1-3H3,(H,12,14). The first kappa shape index (κ1) is 9.31. The van der Waals surface area contributed by atoms with E-state index in [1.165, 1.54) is 5.56 Å². The summed E-state index contributed by atoms with van der Waals surface area (Å²) in [5, 5.41) is 6.89. The largest absolute Gasteiger partial charge is 0.382 e. The lowest BCUT2D eigenvalue weighted by Gasteiger charge is -2.17. The fourth-order valence-electron chi connectivity index (χ4n) is 1.69. The number of nitrogens with one attached hydrogen (secondary N) is 2. The molecule has 2 heterocycles. The third-order valence-corrected chi connectivity index (χ3v) is 2.98. The Bertz CT molecular complexity index is 335. The minimum absolute atomic E-state index is 0.470. The van der Waals surface area contributed by atoms with Gasteiger partial charge in [-0.15, -0.1) is 0 Å². The summed E-state index contributed by atoms with van der Waals surface area (Å²) in [5.41, 5.74) is 2.41. The highest BCUT2D eigenvalue weighted by Crippen LogP contribution is 2.27. The number of hydrogen-bond donors (Lipinski definition) is 2. The van der Waals surface area contributed by atoms with Gasteiger partial charge in [0.15, 0.2) is 0 Å². The lowest BCUT2D eigenvalue weighted by atomic mass is 10.1. The smallest absolute Gasteiger partial charge is 0.149 e. The number of pyridine rings is 1. The maximum absolute atomic E-state index is 4.35. The second-order valence-electron chi connectivity index (χ2n) is 4.14. The summed E-state index contributed by atoms with van der Waals surface area (Å²) in [4.78, 5) is 4.35. The van der Waals surface area contributed by atoms with Crippen molar-refractivity contribution in [1.29, 1.82) is 0 Å². The van der Waals surface area contributed by atoms with Crippen molar-refractivity contribution >= 4 is 11.5 Å². The van der Waals surface area contributed by atoms with Crippen molar-refractivity contribution in [3.63, 3.8) is 0 Å². The number of aromatic nitrogens is 1. The van der Waals surface area contributed by atoms with Crippen molar-refractivity contribution < 1.29 is 0 Å². The molecule has 0 fully saturated rings. The van der Waals surface area contributed by atoms with Gasteiger partial charge in [-0.25, -0.2) is 4.98 Å². The van der Waals surface area contributed by atoms with E-state index < -0.39 is 0 Å². The molecule has 1 aromatic heterocycles. The highest BCUT2D eigenvalue weighted by molar-refractivity contribution is 5.69. The van der Waals surface area contributed by atoms with Gasteiger partial charge < -0.3 is 10.6 Å². The van der Waals surface area contributed by atoms with Crippen LogP contribution in [0.25, 0.3) is 0 Å². The van der Waals surface area contributed by atoms with Crippen LogP contribution in [0.3, 0.4) is 0 Å². The summed E-state index contributed by atoms with van der Waals surface area (Å²) in [6.45, 7) is 7.56. The van der Waals surface area contributed by atoms with Crippen molar-refractivity contribution in [2.75, 3.05) is 17.2 Å². The van der Waals surface area contributed by atoms with E-state index in [4.69, 9.17) is 0 Å². The van der Waals surface area contributed by atoms with Gasteiger partial charge >= 0.3 is 0 Å². The molecule has 0 radical (unpaired) electrons. The van der Waals surface area contributed by atoms with Crippen molar-refractivity contribution in [2.45, 2.75) is 26.8 Å². The van der Waals surface area contributed by atoms with Crippen LogP contribution >= 0.6 is 0 Å². The Hall–Kier alpha value is -1.25. The molecule has 0 amide bonds. The van der Waals surface area contributed by atoms with Crippen LogP contribution in [0.2, 0.25) is 0 Å². The third-order valence-electron chi connectivity index (χ3n) is 2.98. The first-order valence-electron chi connectivity index (χ1n) is 5.14. The number of anilines is 2. The highest BCUT2D eigenvalue weighted by Gasteiger charge is 2.19. The molecule has 0 aliphatic carbocycles. The van der Waals surface area contributed by atoms with Crippen LogP contribution in [0.1, 0.15) is 19.4 Å². The number of hydrogen-bond acceptors (Lipinski definition) is 3. The predicted octanol–water partition coefficient (Wildman–Crippen LogP) is 2.25. The molecule has 0 bridgehead atoms. The topological polar surface area (TPSA) is 37.0 Å². The summed E-state index contributed by atoms with van der Waals surface area (Å²) in [5.74, 6) is 1.60. The van der Waals surface area contributed by atoms with Gasteiger partial charge in [-0.05, 0) is 31.4 Å². The number of aryl methyl sites for hydroxylation is 1. The van der Waals surface area contributed by atoms with Crippen LogP contribution in [-0.2, 0) is 0 Å². The van der Waals surface area contributed by atoms with Gasteiger partial charge in [-0.1, -0.05) is 6.92 Å². The summed E-state index contributed by atoms with van der Waals surface area (Å²) < 4.78 is 0. The average molecular weight is 191 g/mol. The van der Waals surface area contributed by atoms with E-state index in [9.17, 15) is 0 Å². The van der Waals surface area contributed by atoms with Crippen LogP contribution in [0.4, 0.5) is 11.5 Å². The zero-order valence-corrected chi connectivity index (χ0v) is 8.96. The SMILES string of the molecule is Cc1ccnc2c1NCC(C)C(C)N2. The molecule has 3 heteroatoms. The average Bonchev–Trinajstić information content (AvgIpc) is 2.29. The number of rotatable bonds is 0. The second kappa shape index (κ2) is 3.48. The molecular formula is C11H17N3. The third kappa shape index (κ3) is 1.54. The molecule has 0 saturated heterocycles. The summed E-state index contributed by atoms with van der Waals surface area (Å²) in [7, 11) is 0. The molecule has 1 aromatic rings. The number of fused-ring (bicyclic) bond motifs is 1. The quantitative estimate of drug-likeness (QED) is 0.660. The molecule has 2 atom stereocenters. The zero-order valence-electron chi connectivity index (χ0n) is 8.96. The Balaban J connectivity index is 2.37. The minimum Gasteiger partial charge on any atom is -0.382 e. The van der Waals surface area contributed by atoms with E-state index in [2.05, 4.69) is 36.4 Å². The summed E-state index contributed by atoms with van der Waals surface area (Å²) >= 11 is 0. The molecule has 76 valence electrons. The van der Waals surface area contributed by atoms with Crippen LogP contribution in [0.5, 0.6) is 0 Å². The van der Waals surface area contributed by atoms with Crippen LogP contribution < -0.4 is 10.6 Å². The van der Waals surface area contributed by atoms with Crippen LogP contribution in [0, 0.1) is 12.8 Å². The molecule has 2 rings (SSSR count). The molecule has 2 unspecified atom stereocenters. The van der Waals surface area contributed by atoms with E-state index in [0.29, 0.717) is 12.0 Å². The van der Waals surface area contributed by atoms with Crippen LogP contribution in [-0.4, -0.2) is 17.6 Å². The molecule has 0 saturated carbocycles. The van der Waals surface area contributed by atoms with Gasteiger partial charge in [0.2, 0.25) is 0 Å². The molecule has 2 N–H and O–H groups in total. The normalized spacial score (nSPS) is 25.6. The molecule has 0 spiro atoms. The zero-order chi connectivity index (χ0) is 10.1. The molecule has 3 nitrogen and oxygen atoms in total. The number of nitrogens with zero attached hydrogens (tertiary/aromatic N) is 1. The predicted molar refractivity (Wildman–Crippen MR) is 59.7 cm³/mol. The van der Waals surface area contributed by atoms with Gasteiger partial charge in [0.05, 0.1) is 5.69 Å². The molecule has 1 aliphatic rings. The molecule has 14 heavy (non-hydrogen) atoms. The van der Waals surface area contributed by atoms with Gasteiger partial charge in [0.25, 0.3) is 0 Å². The van der Waals surface area contributed by atoms with E-state index in [1.54, 1.807) is 0 Å². The maximum atomic E-state index is 4.35. The first-order chi connectivity index (χ1) is 6.68. The Morgan fingerprint density at radius 2 is 2.21 bits per heavy atom. The summed E-state index contributed by atoms with van der Waals surface area (Å²) in [6, 6.07) is 2.51. The van der Waals surface area contributed by atoms with Crippen molar-refractivity contribution in [1.82, 2.24) is 4.98 Å². The molecule has 0 aromatic carbocycles. The van der Waals surface area contributed by atoms with Gasteiger partial charge in [0.1, 0.15) is 5.82 Å². The van der Waals surface area contributed by atoms with Crippen LogP contribution in [0.15, 0.2) is 12.3 Å². The Morgan fingerprint density at radius 3 is 3.00 bits per heavy atom. The highest BCUT2D eigenvalue weighted by atomic mass is 15.1. The fraction of sp³-hybridized carbons (Fsp3) is 0.545. The first-order valence-corrected chi connectivity index (χ1v) is 5.14. The Labute approximate surface area is 84.9 Å². The fourth-order valence-corrected chi connectivity index (χ4v) is 1.69. The van der Waals surface area contributed by atoms with Gasteiger partial charge in [0, 0.05) is 18.8 Å². The van der Waals surface area contributed by atoms with Crippen molar-refractivity contribution in [3.05, 3.63) is 17.8 Å². The second-order valence-corrected chi connectivity index (χ2v) is 4.14. The molecular weight excluding hydrogens is 174 g/mol. The molecule has 1 aliphatic heterocycles. The van der Waals surface area contributed by atoms with Gasteiger partial charge in [-0.3, -0.25) is 0 Å². The minimum atomic E-state index is 0.470. The van der Waals surface area contributed by atoms with Gasteiger partial charge in [-0.2, -0.15) is 0 Å². The summed E-state index contributed by atoms with van der Waals surface area (Å²) in [6.07, 6.45) is 1.85. The lowest BCUT2D eigenvalue weighted by Crippen LogP contribution is -2.25. The van der Waals surface area contributed by atoms with E-state index in [0.717, 1.165) is 18.1 Å². The Morgan fingerprint density at radius 1 is 1.43 bits per heavy atom. The lowest BCUT2D eigenvalue weighted by molar-refractivity contribution is 0.541. The monoisotopic (exact) mass is 191 g/mol. The Kier molecular flexibility index (Phi) is 2.32. The van der Waals surface area contributed by atoms with E-state index in [-0.39, 0.29) is 0 Å². The van der Waals surface area contributed by atoms with Crippen molar-refractivity contribution in [2.24, 2.45) is 5.92 Å². The maximum Gasteiger partial charge on any atom is 0.149 e. The van der Waals surface area contributed by atoms with Crippen molar-refractivity contribution in [3.8, 4) is 0 Å². The van der Waals surface area contributed by atoms with E-state index in [1.807, 2.05) is 12.3 Å².